The Kier molecular flexibility index (Phi) is 3.75. The van der Waals surface area contributed by atoms with Crippen LogP contribution in [-0.2, 0) is 0 Å². The maximum Gasteiger partial charge on any atom is 0.253 e. The van der Waals surface area contributed by atoms with Crippen molar-refractivity contribution in [1.29, 1.82) is 0 Å². The molecule has 1 aliphatic rings. The molecule has 0 aliphatic heterocycles. The first-order valence-corrected chi connectivity index (χ1v) is 6.36. The van der Waals surface area contributed by atoms with Crippen molar-refractivity contribution >= 4 is 11.6 Å². The summed E-state index contributed by atoms with van der Waals surface area (Å²) in [4.78, 5) is 12.2. The summed E-state index contributed by atoms with van der Waals surface area (Å²) < 4.78 is 5.12. The van der Waals surface area contributed by atoms with Gasteiger partial charge >= 0.3 is 0 Å². The lowest BCUT2D eigenvalue weighted by Gasteiger charge is -2.18. The molecule has 0 aromatic heterocycles. The van der Waals surface area contributed by atoms with E-state index in [1.165, 1.54) is 12.8 Å². The van der Waals surface area contributed by atoms with Gasteiger partial charge in [-0.3, -0.25) is 4.79 Å². The molecule has 0 spiro atoms. The highest BCUT2D eigenvalue weighted by molar-refractivity contribution is 5.99. The first kappa shape index (κ1) is 12.7. The zero-order chi connectivity index (χ0) is 13.1. The molecule has 0 saturated heterocycles. The number of hydrogen-bond donors (Lipinski definition) is 2. The normalized spacial score (nSPS) is 22.8. The molecule has 3 N–H and O–H groups in total. The Morgan fingerprint density at radius 3 is 2.83 bits per heavy atom. The highest BCUT2D eigenvalue weighted by Gasteiger charge is 2.25. The van der Waals surface area contributed by atoms with Crippen molar-refractivity contribution < 1.29 is 9.53 Å². The van der Waals surface area contributed by atoms with Gasteiger partial charge in [-0.1, -0.05) is 13.3 Å². The lowest BCUT2D eigenvalue weighted by molar-refractivity contribution is 0.0930. The Bertz CT molecular complexity index is 445. The number of amides is 1. The number of methoxy groups -OCH3 is 1. The van der Waals surface area contributed by atoms with Gasteiger partial charge in [0.1, 0.15) is 5.75 Å². The molecule has 0 heterocycles. The Morgan fingerprint density at radius 1 is 1.44 bits per heavy atom. The minimum Gasteiger partial charge on any atom is -0.497 e. The Balaban J connectivity index is 2.12. The van der Waals surface area contributed by atoms with Crippen LogP contribution < -0.4 is 15.8 Å². The highest BCUT2D eigenvalue weighted by Crippen LogP contribution is 2.26. The molecule has 1 aliphatic carbocycles. The van der Waals surface area contributed by atoms with Crippen LogP contribution in [0.5, 0.6) is 5.75 Å². The van der Waals surface area contributed by atoms with Crippen LogP contribution in [0.15, 0.2) is 18.2 Å². The predicted molar refractivity (Wildman–Crippen MR) is 71.7 cm³/mol. The molecule has 2 atom stereocenters. The summed E-state index contributed by atoms with van der Waals surface area (Å²) >= 11 is 0. The lowest BCUT2D eigenvalue weighted by atomic mass is 10.1. The van der Waals surface area contributed by atoms with Crippen molar-refractivity contribution in [1.82, 2.24) is 5.32 Å². The lowest BCUT2D eigenvalue weighted by Crippen LogP contribution is -2.36. The fraction of sp³-hybridized carbons (Fsp3) is 0.500. The summed E-state index contributed by atoms with van der Waals surface area (Å²) in [6.45, 7) is 2.17. The van der Waals surface area contributed by atoms with Crippen molar-refractivity contribution in [3.8, 4) is 5.75 Å². The monoisotopic (exact) mass is 248 g/mol. The van der Waals surface area contributed by atoms with Gasteiger partial charge in [-0.25, -0.2) is 0 Å². The van der Waals surface area contributed by atoms with Crippen molar-refractivity contribution in [2.24, 2.45) is 5.92 Å². The first-order chi connectivity index (χ1) is 8.61. The number of rotatable bonds is 3. The average molecular weight is 248 g/mol. The maximum atomic E-state index is 12.2. The SMILES string of the molecule is COc1ccc(N)c(C(=O)NC2CCCC2C)c1. The van der Waals surface area contributed by atoms with Gasteiger partial charge in [-0.2, -0.15) is 0 Å². The van der Waals surface area contributed by atoms with E-state index >= 15 is 0 Å². The summed E-state index contributed by atoms with van der Waals surface area (Å²) in [5.74, 6) is 1.08. The molecule has 2 unspecified atom stereocenters. The number of carbonyl (C=O) groups is 1. The number of hydrogen-bond acceptors (Lipinski definition) is 3. The van der Waals surface area contributed by atoms with E-state index in [4.69, 9.17) is 10.5 Å². The molecule has 1 amide bonds. The van der Waals surface area contributed by atoms with E-state index in [1.54, 1.807) is 25.3 Å². The van der Waals surface area contributed by atoms with Crippen molar-refractivity contribution in [2.75, 3.05) is 12.8 Å². The summed E-state index contributed by atoms with van der Waals surface area (Å²) in [7, 11) is 1.58. The smallest absolute Gasteiger partial charge is 0.253 e. The minimum absolute atomic E-state index is 0.106. The van der Waals surface area contributed by atoms with Crippen LogP contribution in [0.1, 0.15) is 36.5 Å². The molecule has 98 valence electrons. The molecule has 1 aromatic carbocycles. The number of nitrogen functional groups attached to an aromatic ring is 1. The molecule has 4 nitrogen and oxygen atoms in total. The second-order valence-electron chi connectivity index (χ2n) is 4.94. The largest absolute Gasteiger partial charge is 0.497 e. The minimum atomic E-state index is -0.106. The number of benzene rings is 1. The summed E-state index contributed by atoms with van der Waals surface area (Å²) in [6.07, 6.45) is 3.41. The van der Waals surface area contributed by atoms with Gasteiger partial charge in [0.2, 0.25) is 0 Å². The molecule has 2 rings (SSSR count). The van der Waals surface area contributed by atoms with E-state index in [9.17, 15) is 4.79 Å². The molecule has 1 saturated carbocycles. The van der Waals surface area contributed by atoms with Gasteiger partial charge in [0.05, 0.1) is 12.7 Å². The average Bonchev–Trinajstić information content (AvgIpc) is 2.75. The summed E-state index contributed by atoms with van der Waals surface area (Å²) in [5.41, 5.74) is 6.82. The van der Waals surface area contributed by atoms with E-state index in [1.807, 2.05) is 0 Å². The summed E-state index contributed by atoms with van der Waals surface area (Å²) in [5, 5.41) is 3.06. The van der Waals surface area contributed by atoms with Crippen molar-refractivity contribution in [3.05, 3.63) is 23.8 Å². The molecule has 18 heavy (non-hydrogen) atoms. The number of nitrogens with one attached hydrogen (secondary N) is 1. The van der Waals surface area contributed by atoms with Gasteiger partial charge in [-0.05, 0) is 37.0 Å². The number of carbonyl (C=O) groups excluding carboxylic acids is 1. The fourth-order valence-corrected chi connectivity index (χ4v) is 2.47. The topological polar surface area (TPSA) is 64.3 Å². The standard InChI is InChI=1S/C14H20N2O2/c1-9-4-3-5-13(9)16-14(17)11-8-10(18-2)6-7-12(11)15/h6-9,13H,3-5,15H2,1-2H3,(H,16,17). The van der Waals surface area contributed by atoms with Crippen LogP contribution in [0.4, 0.5) is 5.69 Å². The van der Waals surface area contributed by atoms with E-state index in [-0.39, 0.29) is 11.9 Å². The van der Waals surface area contributed by atoms with Crippen molar-refractivity contribution in [2.45, 2.75) is 32.2 Å². The van der Waals surface area contributed by atoms with E-state index in [0.717, 1.165) is 6.42 Å². The van der Waals surface area contributed by atoms with Crippen LogP contribution in [-0.4, -0.2) is 19.1 Å². The number of anilines is 1. The predicted octanol–water partition coefficient (Wildman–Crippen LogP) is 2.20. The van der Waals surface area contributed by atoms with Crippen molar-refractivity contribution in [3.63, 3.8) is 0 Å². The third-order valence-electron chi connectivity index (χ3n) is 3.68. The second-order valence-corrected chi connectivity index (χ2v) is 4.94. The third-order valence-corrected chi connectivity index (χ3v) is 3.68. The second kappa shape index (κ2) is 5.29. The van der Waals surface area contributed by atoms with Crippen LogP contribution in [0.2, 0.25) is 0 Å². The van der Waals surface area contributed by atoms with E-state index in [2.05, 4.69) is 12.2 Å². The summed E-state index contributed by atoms with van der Waals surface area (Å²) in [6, 6.07) is 5.41. The zero-order valence-corrected chi connectivity index (χ0v) is 10.9. The molecule has 1 aromatic rings. The molecule has 0 radical (unpaired) electrons. The van der Waals surface area contributed by atoms with E-state index in [0.29, 0.717) is 22.9 Å². The fourth-order valence-electron chi connectivity index (χ4n) is 2.47. The number of ether oxygens (including phenoxy) is 1. The molecule has 1 fully saturated rings. The molecule has 4 heteroatoms. The quantitative estimate of drug-likeness (QED) is 0.806. The highest BCUT2D eigenvalue weighted by atomic mass is 16.5. The van der Waals surface area contributed by atoms with Crippen LogP contribution in [0.25, 0.3) is 0 Å². The van der Waals surface area contributed by atoms with E-state index < -0.39 is 0 Å². The molecular weight excluding hydrogens is 228 g/mol. The van der Waals surface area contributed by atoms with Gasteiger partial charge in [-0.15, -0.1) is 0 Å². The van der Waals surface area contributed by atoms with Gasteiger partial charge < -0.3 is 15.8 Å². The molecule has 0 bridgehead atoms. The Hall–Kier alpha value is -1.71. The Morgan fingerprint density at radius 2 is 2.22 bits per heavy atom. The maximum absolute atomic E-state index is 12.2. The first-order valence-electron chi connectivity index (χ1n) is 6.36. The number of nitrogens with two attached hydrogens (primary N) is 1. The zero-order valence-electron chi connectivity index (χ0n) is 10.9. The van der Waals surface area contributed by atoms with Crippen LogP contribution >= 0.6 is 0 Å². The van der Waals surface area contributed by atoms with Gasteiger partial charge in [0.25, 0.3) is 5.91 Å². The van der Waals surface area contributed by atoms with Gasteiger partial charge in [0.15, 0.2) is 0 Å². The van der Waals surface area contributed by atoms with Crippen LogP contribution in [0.3, 0.4) is 0 Å². The Labute approximate surface area is 108 Å². The van der Waals surface area contributed by atoms with Crippen LogP contribution in [0, 0.1) is 5.92 Å². The third kappa shape index (κ3) is 2.58. The molecular formula is C14H20N2O2. The van der Waals surface area contributed by atoms with Gasteiger partial charge in [0, 0.05) is 11.7 Å².